The molecule has 2 aromatic carbocycles. The Hall–Kier alpha value is -2.76. The predicted molar refractivity (Wildman–Crippen MR) is 79.7 cm³/mol. The summed E-state index contributed by atoms with van der Waals surface area (Å²) in [6.07, 6.45) is 1.04. The number of rotatable bonds is 4. The standard InChI is InChI=1S/C17H13F2NO3/c18-13-3-1-11(7-14(13)19)5-6-20-15-8-12(9-21)2-4-16(15)23-10-17(20)22/h1-4,7-9H,5-6,10H2. The average Bonchev–Trinajstić information content (AvgIpc) is 2.56. The van der Waals surface area contributed by atoms with Crippen molar-refractivity contribution in [1.82, 2.24) is 0 Å². The van der Waals surface area contributed by atoms with Gasteiger partial charge in [-0.05, 0) is 42.3 Å². The number of fused-ring (bicyclic) bond motifs is 1. The molecule has 0 atom stereocenters. The zero-order valence-electron chi connectivity index (χ0n) is 12.1. The van der Waals surface area contributed by atoms with Gasteiger partial charge in [0.2, 0.25) is 0 Å². The van der Waals surface area contributed by atoms with E-state index in [9.17, 15) is 18.4 Å². The molecule has 0 fully saturated rings. The third-order valence-electron chi connectivity index (χ3n) is 3.67. The Morgan fingerprint density at radius 2 is 1.96 bits per heavy atom. The molecule has 0 saturated heterocycles. The van der Waals surface area contributed by atoms with Gasteiger partial charge in [0.15, 0.2) is 18.2 Å². The van der Waals surface area contributed by atoms with Crippen LogP contribution in [-0.2, 0) is 11.2 Å². The van der Waals surface area contributed by atoms with Crippen molar-refractivity contribution < 1.29 is 23.1 Å². The van der Waals surface area contributed by atoms with Crippen LogP contribution in [0.3, 0.4) is 0 Å². The molecule has 0 bridgehead atoms. The van der Waals surface area contributed by atoms with E-state index in [1.165, 1.54) is 11.0 Å². The quantitative estimate of drug-likeness (QED) is 0.815. The van der Waals surface area contributed by atoms with Gasteiger partial charge in [0, 0.05) is 12.1 Å². The summed E-state index contributed by atoms with van der Waals surface area (Å²) in [5.41, 5.74) is 1.52. The SMILES string of the molecule is O=Cc1ccc2c(c1)N(CCc1ccc(F)c(F)c1)C(=O)CO2. The zero-order chi connectivity index (χ0) is 16.4. The molecular formula is C17H13F2NO3. The van der Waals surface area contributed by atoms with Crippen molar-refractivity contribution in [3.05, 3.63) is 59.2 Å². The Morgan fingerprint density at radius 3 is 2.70 bits per heavy atom. The largest absolute Gasteiger partial charge is 0.482 e. The van der Waals surface area contributed by atoms with E-state index in [0.717, 1.165) is 12.1 Å². The van der Waals surface area contributed by atoms with Crippen LogP contribution in [0.4, 0.5) is 14.5 Å². The van der Waals surface area contributed by atoms with E-state index >= 15 is 0 Å². The van der Waals surface area contributed by atoms with Crippen molar-refractivity contribution >= 4 is 17.9 Å². The minimum Gasteiger partial charge on any atom is -0.482 e. The number of anilines is 1. The van der Waals surface area contributed by atoms with Crippen LogP contribution in [0.1, 0.15) is 15.9 Å². The molecule has 2 aromatic rings. The number of aldehydes is 1. The van der Waals surface area contributed by atoms with Gasteiger partial charge >= 0.3 is 0 Å². The summed E-state index contributed by atoms with van der Waals surface area (Å²) in [6, 6.07) is 8.47. The molecule has 0 aromatic heterocycles. The van der Waals surface area contributed by atoms with Gasteiger partial charge in [0.05, 0.1) is 5.69 Å². The maximum absolute atomic E-state index is 13.2. The van der Waals surface area contributed by atoms with Gasteiger partial charge in [-0.2, -0.15) is 0 Å². The van der Waals surface area contributed by atoms with Crippen LogP contribution < -0.4 is 9.64 Å². The predicted octanol–water partition coefficient (Wildman–Crippen LogP) is 2.75. The first kappa shape index (κ1) is 15.1. The van der Waals surface area contributed by atoms with Crippen molar-refractivity contribution in [1.29, 1.82) is 0 Å². The molecule has 6 heteroatoms. The molecule has 4 nitrogen and oxygen atoms in total. The van der Waals surface area contributed by atoms with Gasteiger partial charge in [-0.25, -0.2) is 8.78 Å². The highest BCUT2D eigenvalue weighted by atomic mass is 19.2. The molecule has 23 heavy (non-hydrogen) atoms. The van der Waals surface area contributed by atoms with E-state index in [1.54, 1.807) is 18.2 Å². The van der Waals surface area contributed by atoms with E-state index in [1.807, 2.05) is 0 Å². The molecule has 1 amide bonds. The number of ether oxygens (including phenoxy) is 1. The lowest BCUT2D eigenvalue weighted by Crippen LogP contribution is -2.40. The number of amides is 1. The summed E-state index contributed by atoms with van der Waals surface area (Å²) < 4.78 is 31.5. The molecule has 0 unspecified atom stereocenters. The molecular weight excluding hydrogens is 304 g/mol. The maximum atomic E-state index is 13.2. The second-order valence-electron chi connectivity index (χ2n) is 5.18. The number of carbonyl (C=O) groups is 2. The molecule has 1 aliphatic rings. The number of halogens is 2. The number of hydrogen-bond donors (Lipinski definition) is 0. The Morgan fingerprint density at radius 1 is 1.13 bits per heavy atom. The van der Waals surface area contributed by atoms with Gasteiger partial charge in [0.1, 0.15) is 12.0 Å². The first-order valence-corrected chi connectivity index (χ1v) is 7.05. The second kappa shape index (κ2) is 6.16. The zero-order valence-corrected chi connectivity index (χ0v) is 12.1. The van der Waals surface area contributed by atoms with E-state index in [2.05, 4.69) is 0 Å². The van der Waals surface area contributed by atoms with Crippen molar-refractivity contribution in [2.24, 2.45) is 0 Å². The van der Waals surface area contributed by atoms with E-state index in [0.29, 0.717) is 35.3 Å². The fourth-order valence-corrected chi connectivity index (χ4v) is 2.47. The third kappa shape index (κ3) is 3.06. The smallest absolute Gasteiger partial charge is 0.265 e. The van der Waals surface area contributed by atoms with Crippen LogP contribution in [-0.4, -0.2) is 25.3 Å². The minimum atomic E-state index is -0.917. The molecule has 1 heterocycles. The van der Waals surface area contributed by atoms with Crippen molar-refractivity contribution in [3.63, 3.8) is 0 Å². The fourth-order valence-electron chi connectivity index (χ4n) is 2.47. The van der Waals surface area contributed by atoms with Crippen LogP contribution in [0.2, 0.25) is 0 Å². The topological polar surface area (TPSA) is 46.6 Å². The van der Waals surface area contributed by atoms with Crippen LogP contribution >= 0.6 is 0 Å². The maximum Gasteiger partial charge on any atom is 0.265 e. The Balaban J connectivity index is 1.83. The van der Waals surface area contributed by atoms with Gasteiger partial charge in [-0.3, -0.25) is 9.59 Å². The summed E-state index contributed by atoms with van der Waals surface area (Å²) in [5, 5.41) is 0. The van der Waals surface area contributed by atoms with Gasteiger partial charge in [0.25, 0.3) is 5.91 Å². The lowest BCUT2D eigenvalue weighted by molar-refractivity contribution is -0.121. The van der Waals surface area contributed by atoms with Crippen molar-refractivity contribution in [2.75, 3.05) is 18.1 Å². The van der Waals surface area contributed by atoms with Crippen molar-refractivity contribution in [2.45, 2.75) is 6.42 Å². The Bertz CT molecular complexity index is 776. The Kier molecular flexibility index (Phi) is 4.06. The van der Waals surface area contributed by atoms with Crippen molar-refractivity contribution in [3.8, 4) is 5.75 Å². The highest BCUT2D eigenvalue weighted by Crippen LogP contribution is 2.32. The molecule has 0 aliphatic carbocycles. The first-order chi connectivity index (χ1) is 11.1. The Labute approximate surface area is 131 Å². The monoisotopic (exact) mass is 317 g/mol. The summed E-state index contributed by atoms with van der Waals surface area (Å²) in [7, 11) is 0. The number of nitrogens with zero attached hydrogens (tertiary/aromatic N) is 1. The van der Waals surface area contributed by atoms with E-state index in [-0.39, 0.29) is 19.1 Å². The third-order valence-corrected chi connectivity index (χ3v) is 3.67. The summed E-state index contributed by atoms with van der Waals surface area (Å²) in [5.74, 6) is -1.56. The van der Waals surface area contributed by atoms with Gasteiger partial charge in [-0.15, -0.1) is 0 Å². The van der Waals surface area contributed by atoms with E-state index < -0.39 is 11.6 Å². The number of benzene rings is 2. The molecule has 0 N–H and O–H groups in total. The van der Waals surface area contributed by atoms with Crippen LogP contribution in [0, 0.1) is 11.6 Å². The van der Waals surface area contributed by atoms with Gasteiger partial charge in [-0.1, -0.05) is 6.07 Å². The summed E-state index contributed by atoms with van der Waals surface area (Å²) in [4.78, 5) is 24.5. The summed E-state index contributed by atoms with van der Waals surface area (Å²) >= 11 is 0. The van der Waals surface area contributed by atoms with Crippen LogP contribution in [0.5, 0.6) is 5.75 Å². The van der Waals surface area contributed by atoms with Crippen LogP contribution in [0.15, 0.2) is 36.4 Å². The minimum absolute atomic E-state index is 0.0920. The molecule has 0 saturated carbocycles. The lowest BCUT2D eigenvalue weighted by Gasteiger charge is -2.29. The molecule has 1 aliphatic heterocycles. The summed E-state index contributed by atoms with van der Waals surface area (Å²) in [6.45, 7) is 0.188. The highest BCUT2D eigenvalue weighted by Gasteiger charge is 2.25. The fraction of sp³-hybridized carbons (Fsp3) is 0.176. The van der Waals surface area contributed by atoms with Gasteiger partial charge < -0.3 is 9.64 Å². The first-order valence-electron chi connectivity index (χ1n) is 7.05. The molecule has 0 spiro atoms. The molecule has 0 radical (unpaired) electrons. The van der Waals surface area contributed by atoms with E-state index in [4.69, 9.17) is 4.74 Å². The lowest BCUT2D eigenvalue weighted by atomic mass is 10.1. The normalized spacial score (nSPS) is 13.5. The van der Waals surface area contributed by atoms with Crippen LogP contribution in [0.25, 0.3) is 0 Å². The number of hydrogen-bond acceptors (Lipinski definition) is 3. The number of carbonyl (C=O) groups excluding carboxylic acids is 2. The highest BCUT2D eigenvalue weighted by molar-refractivity contribution is 5.98. The second-order valence-corrected chi connectivity index (χ2v) is 5.18. The molecule has 3 rings (SSSR count). The average molecular weight is 317 g/mol. The molecule has 118 valence electrons.